The van der Waals surface area contributed by atoms with Crippen LogP contribution in [0.25, 0.3) is 6.08 Å². The van der Waals surface area contributed by atoms with Crippen molar-refractivity contribution in [2.75, 3.05) is 17.6 Å². The van der Waals surface area contributed by atoms with Crippen molar-refractivity contribution in [3.8, 4) is 5.75 Å². The van der Waals surface area contributed by atoms with Crippen molar-refractivity contribution in [2.24, 2.45) is 0 Å². The predicted molar refractivity (Wildman–Crippen MR) is 131 cm³/mol. The molecular weight excluding hydrogens is 569 g/mol. The largest absolute Gasteiger partial charge is 0.493 e. The van der Waals surface area contributed by atoms with Crippen LogP contribution in [0.5, 0.6) is 5.75 Å². The Morgan fingerprint density at radius 3 is 2.59 bits per heavy atom. The molecule has 15 heteroatoms. The van der Waals surface area contributed by atoms with Gasteiger partial charge >= 0.3 is 22.2 Å². The van der Waals surface area contributed by atoms with Gasteiger partial charge in [-0.2, -0.15) is 21.6 Å². The molecule has 208 valence electrons. The number of hydrogen-bond acceptors (Lipinski definition) is 8. The third-order valence-electron chi connectivity index (χ3n) is 5.63. The van der Waals surface area contributed by atoms with Crippen LogP contribution >= 0.6 is 11.3 Å². The number of benzene rings is 2. The Labute approximate surface area is 223 Å². The van der Waals surface area contributed by atoms with Crippen molar-refractivity contribution < 1.29 is 44.7 Å². The summed E-state index contributed by atoms with van der Waals surface area (Å²) in [7, 11) is -5.59. The summed E-state index contributed by atoms with van der Waals surface area (Å²) in [5.41, 5.74) is 1.53. The van der Waals surface area contributed by atoms with E-state index < -0.39 is 60.7 Å². The highest BCUT2D eigenvalue weighted by atomic mass is 32.2. The van der Waals surface area contributed by atoms with Crippen LogP contribution in [-0.4, -0.2) is 49.6 Å². The van der Waals surface area contributed by atoms with E-state index >= 15 is 8.78 Å². The van der Waals surface area contributed by atoms with Gasteiger partial charge in [-0.05, 0) is 12.0 Å². The number of carbonyl (C=O) groups excluding carboxylic acids is 1. The SMILES string of the molecule is C=Cc1c(O[C@H]2CCN(Cc3ccccc3)C2)cc(F)c(S(=O)(=O)N(OC(=O)C(F)(F)F)c2cscn2)c1F. The summed E-state index contributed by atoms with van der Waals surface area (Å²) in [6.07, 6.45) is -4.71. The molecule has 4 rings (SSSR count). The zero-order valence-corrected chi connectivity index (χ0v) is 21.5. The number of nitrogens with zero attached hydrogens (tertiary/aromatic N) is 3. The molecule has 2 heterocycles. The van der Waals surface area contributed by atoms with Gasteiger partial charge in [0, 0.05) is 31.1 Å². The number of carbonyl (C=O) groups is 1. The molecule has 1 atom stereocenters. The zero-order valence-electron chi connectivity index (χ0n) is 19.9. The van der Waals surface area contributed by atoms with Gasteiger partial charge in [0.1, 0.15) is 11.9 Å². The fourth-order valence-electron chi connectivity index (χ4n) is 3.90. The third-order valence-corrected chi connectivity index (χ3v) is 7.79. The minimum atomic E-state index is -5.61. The van der Waals surface area contributed by atoms with E-state index in [4.69, 9.17) is 4.74 Å². The molecule has 2 aromatic carbocycles. The molecule has 0 aliphatic carbocycles. The molecular formula is C24H20F5N3O5S2. The van der Waals surface area contributed by atoms with Gasteiger partial charge in [0.2, 0.25) is 0 Å². The number of ether oxygens (including phenoxy) is 1. The van der Waals surface area contributed by atoms with Crippen molar-refractivity contribution in [2.45, 2.75) is 30.1 Å². The first-order valence-electron chi connectivity index (χ1n) is 11.2. The Hall–Kier alpha value is -3.56. The Bertz CT molecular complexity index is 1450. The number of halogens is 5. The number of alkyl halides is 3. The summed E-state index contributed by atoms with van der Waals surface area (Å²) in [4.78, 5) is 19.3. The van der Waals surface area contributed by atoms with E-state index in [0.29, 0.717) is 32.1 Å². The molecule has 1 aromatic heterocycles. The van der Waals surface area contributed by atoms with E-state index in [1.807, 2.05) is 30.3 Å². The maximum atomic E-state index is 15.5. The molecule has 1 aliphatic rings. The lowest BCUT2D eigenvalue weighted by atomic mass is 10.1. The highest BCUT2D eigenvalue weighted by Gasteiger charge is 2.46. The second-order valence-corrected chi connectivity index (χ2v) is 10.7. The van der Waals surface area contributed by atoms with Crippen LogP contribution in [-0.2, 0) is 26.2 Å². The number of likely N-dealkylation sites (tertiary alicyclic amines) is 1. The van der Waals surface area contributed by atoms with Gasteiger partial charge in [-0.25, -0.2) is 18.6 Å². The second kappa shape index (κ2) is 11.3. The van der Waals surface area contributed by atoms with Crippen molar-refractivity contribution >= 4 is 39.2 Å². The molecule has 0 bridgehead atoms. The molecule has 8 nitrogen and oxygen atoms in total. The number of rotatable bonds is 9. The lowest BCUT2D eigenvalue weighted by Gasteiger charge is -2.23. The summed E-state index contributed by atoms with van der Waals surface area (Å²) >= 11 is 0.733. The van der Waals surface area contributed by atoms with Crippen LogP contribution in [0, 0.1) is 11.6 Å². The summed E-state index contributed by atoms with van der Waals surface area (Å²) in [6, 6.07) is 10.2. The van der Waals surface area contributed by atoms with Crippen molar-refractivity contribution in [1.82, 2.24) is 9.88 Å². The van der Waals surface area contributed by atoms with Crippen LogP contribution < -0.4 is 9.21 Å². The first-order chi connectivity index (χ1) is 18.4. The topological polar surface area (TPSA) is 89.0 Å². The minimum absolute atomic E-state index is 0.349. The fourth-order valence-corrected chi connectivity index (χ4v) is 5.80. The van der Waals surface area contributed by atoms with Gasteiger partial charge < -0.3 is 9.57 Å². The summed E-state index contributed by atoms with van der Waals surface area (Å²) in [5.74, 6) is -7.48. The van der Waals surface area contributed by atoms with Crippen LogP contribution in [0.15, 0.2) is 58.8 Å². The molecule has 0 amide bonds. The van der Waals surface area contributed by atoms with Gasteiger partial charge in [-0.1, -0.05) is 47.5 Å². The van der Waals surface area contributed by atoms with Gasteiger partial charge in [0.25, 0.3) is 0 Å². The molecule has 1 fully saturated rings. The van der Waals surface area contributed by atoms with Gasteiger partial charge in [-0.15, -0.1) is 11.3 Å². The Morgan fingerprint density at radius 2 is 1.97 bits per heavy atom. The number of thiazole rings is 1. The number of hydrogen-bond donors (Lipinski definition) is 0. The molecule has 1 aliphatic heterocycles. The molecule has 0 unspecified atom stereocenters. The fraction of sp³-hybridized carbons (Fsp3) is 0.250. The van der Waals surface area contributed by atoms with E-state index in [9.17, 15) is 26.4 Å². The smallest absolute Gasteiger partial charge is 0.488 e. The van der Waals surface area contributed by atoms with Gasteiger partial charge in [0.05, 0.1) is 11.1 Å². The van der Waals surface area contributed by atoms with Crippen LogP contribution in [0.4, 0.5) is 27.8 Å². The van der Waals surface area contributed by atoms with Gasteiger partial charge in [0.15, 0.2) is 22.3 Å². The molecule has 0 saturated carbocycles. The first-order valence-corrected chi connectivity index (χ1v) is 13.6. The van der Waals surface area contributed by atoms with Crippen molar-refractivity contribution in [3.63, 3.8) is 0 Å². The van der Waals surface area contributed by atoms with E-state index in [0.717, 1.165) is 33.9 Å². The highest BCUT2D eigenvalue weighted by Crippen LogP contribution is 2.36. The Kier molecular flexibility index (Phi) is 8.23. The first kappa shape index (κ1) is 28.4. The van der Waals surface area contributed by atoms with E-state index in [2.05, 4.69) is 21.3 Å². The zero-order chi connectivity index (χ0) is 28.4. The summed E-state index contributed by atoms with van der Waals surface area (Å²) in [5, 5.41) is 0.907. The molecule has 0 radical (unpaired) electrons. The number of aromatic nitrogens is 1. The minimum Gasteiger partial charge on any atom is -0.488 e. The van der Waals surface area contributed by atoms with Crippen molar-refractivity contribution in [1.29, 1.82) is 0 Å². The van der Waals surface area contributed by atoms with Crippen LogP contribution in [0.2, 0.25) is 0 Å². The van der Waals surface area contributed by atoms with Crippen LogP contribution in [0.1, 0.15) is 17.5 Å². The Balaban J connectivity index is 1.62. The maximum Gasteiger partial charge on any atom is 0.493 e. The number of anilines is 1. The highest BCUT2D eigenvalue weighted by molar-refractivity contribution is 7.92. The lowest BCUT2D eigenvalue weighted by molar-refractivity contribution is -0.199. The van der Waals surface area contributed by atoms with E-state index in [1.165, 1.54) is 0 Å². The molecule has 0 spiro atoms. The van der Waals surface area contributed by atoms with Gasteiger partial charge in [-0.3, -0.25) is 4.90 Å². The molecule has 0 N–H and O–H groups in total. The number of sulfonamides is 1. The predicted octanol–water partition coefficient (Wildman–Crippen LogP) is 4.93. The molecule has 1 saturated heterocycles. The average molecular weight is 590 g/mol. The quantitative estimate of drug-likeness (QED) is 0.258. The average Bonchev–Trinajstić information content (AvgIpc) is 3.54. The van der Waals surface area contributed by atoms with E-state index in [1.54, 1.807) is 0 Å². The standard InChI is InChI=1S/C24H20F5N3O5S2/c1-2-17-19(36-16-8-9-31(12-16)11-15-6-4-3-5-7-15)10-18(25)22(21(17)26)39(34,35)32(20-13-38-14-30-20)37-23(33)24(27,28)29/h2-7,10,13-14,16H,1,8-9,11-12H2/t16-/m0/s1. The lowest BCUT2D eigenvalue weighted by Crippen LogP contribution is -2.39. The molecule has 39 heavy (non-hydrogen) atoms. The Morgan fingerprint density at radius 1 is 1.26 bits per heavy atom. The normalized spacial score (nSPS) is 16.2. The maximum absolute atomic E-state index is 15.5. The van der Waals surface area contributed by atoms with E-state index in [-0.39, 0.29) is 5.75 Å². The summed E-state index contributed by atoms with van der Waals surface area (Å²) in [6.45, 7) is 5.09. The second-order valence-electron chi connectivity index (χ2n) is 8.32. The summed E-state index contributed by atoms with van der Waals surface area (Å²) < 4.78 is 101. The van der Waals surface area contributed by atoms with Crippen molar-refractivity contribution in [3.05, 3.63) is 76.6 Å². The third kappa shape index (κ3) is 6.20. The molecule has 3 aromatic rings. The monoisotopic (exact) mass is 589 g/mol. The van der Waals surface area contributed by atoms with Crippen LogP contribution in [0.3, 0.4) is 0 Å².